The Labute approximate surface area is 176 Å². The second-order valence-electron chi connectivity index (χ2n) is 6.10. The molecule has 0 aliphatic heterocycles. The van der Waals surface area contributed by atoms with Crippen LogP contribution in [0.1, 0.15) is 0 Å². The van der Waals surface area contributed by atoms with Crippen LogP contribution in [0.3, 0.4) is 0 Å². The van der Waals surface area contributed by atoms with Crippen molar-refractivity contribution in [2.45, 2.75) is 0 Å². The van der Waals surface area contributed by atoms with Gasteiger partial charge in [-0.3, -0.25) is 10.1 Å². The molecule has 30 heavy (non-hydrogen) atoms. The van der Waals surface area contributed by atoms with Crippen molar-refractivity contribution < 1.29 is 4.92 Å². The van der Waals surface area contributed by atoms with E-state index in [1.807, 2.05) is 36.4 Å². The molecule has 2 aromatic heterocycles. The monoisotopic (exact) mass is 419 g/mol. The maximum atomic E-state index is 11.2. The molecule has 0 bridgehead atoms. The molecule has 0 atom stereocenters. The van der Waals surface area contributed by atoms with E-state index in [9.17, 15) is 10.1 Å². The van der Waals surface area contributed by atoms with Crippen LogP contribution >= 0.6 is 11.6 Å². The van der Waals surface area contributed by atoms with Gasteiger partial charge in [-0.25, -0.2) is 19.9 Å². The minimum atomic E-state index is -0.625. The molecular weight excluding hydrogens is 406 g/mol. The third-order valence-corrected chi connectivity index (χ3v) is 4.39. The average Bonchev–Trinajstić information content (AvgIpc) is 2.76. The number of nitro groups is 1. The van der Waals surface area contributed by atoms with E-state index in [2.05, 4.69) is 30.6 Å². The SMILES string of the molecule is O=[N+]([O-])c1c(Cl)ncnc1Nc1ccc(Nc2cc(-c3ccccc3)ncn2)cc1. The predicted molar refractivity (Wildman–Crippen MR) is 114 cm³/mol. The Hall–Kier alpha value is -4.11. The van der Waals surface area contributed by atoms with E-state index in [1.54, 1.807) is 24.3 Å². The normalized spacial score (nSPS) is 10.4. The lowest BCUT2D eigenvalue weighted by atomic mass is 10.1. The van der Waals surface area contributed by atoms with Crippen molar-refractivity contribution in [3.05, 3.63) is 88.6 Å². The summed E-state index contributed by atoms with van der Waals surface area (Å²) >= 11 is 5.81. The Morgan fingerprint density at radius 3 is 2.20 bits per heavy atom. The molecule has 4 rings (SSSR count). The van der Waals surface area contributed by atoms with Crippen LogP contribution in [0, 0.1) is 10.1 Å². The van der Waals surface area contributed by atoms with Gasteiger partial charge in [0.15, 0.2) is 0 Å². The average molecular weight is 420 g/mol. The van der Waals surface area contributed by atoms with Gasteiger partial charge in [-0.05, 0) is 24.3 Å². The molecule has 0 fully saturated rings. The molecular formula is C20H14ClN7O2. The molecule has 0 saturated heterocycles. The van der Waals surface area contributed by atoms with E-state index in [4.69, 9.17) is 11.6 Å². The van der Waals surface area contributed by atoms with Gasteiger partial charge in [0.05, 0.1) is 10.6 Å². The molecule has 0 amide bonds. The fourth-order valence-electron chi connectivity index (χ4n) is 2.72. The van der Waals surface area contributed by atoms with Crippen LogP contribution in [0.5, 0.6) is 0 Å². The number of halogens is 1. The quantitative estimate of drug-likeness (QED) is 0.255. The number of hydrogen-bond acceptors (Lipinski definition) is 8. The second-order valence-corrected chi connectivity index (χ2v) is 6.46. The van der Waals surface area contributed by atoms with Crippen LogP contribution < -0.4 is 10.6 Å². The molecule has 9 nitrogen and oxygen atoms in total. The summed E-state index contributed by atoms with van der Waals surface area (Å²) < 4.78 is 0. The van der Waals surface area contributed by atoms with Crippen LogP contribution in [0.15, 0.2) is 73.3 Å². The maximum Gasteiger partial charge on any atom is 0.348 e. The lowest BCUT2D eigenvalue weighted by Crippen LogP contribution is -2.01. The number of aromatic nitrogens is 4. The van der Waals surface area contributed by atoms with Gasteiger partial charge in [0.2, 0.25) is 11.0 Å². The molecule has 0 spiro atoms. The number of benzene rings is 2. The highest BCUT2D eigenvalue weighted by Crippen LogP contribution is 2.31. The summed E-state index contributed by atoms with van der Waals surface area (Å²) in [6, 6.07) is 18.8. The van der Waals surface area contributed by atoms with Gasteiger partial charge in [0.25, 0.3) is 0 Å². The largest absolute Gasteiger partial charge is 0.348 e. The highest BCUT2D eigenvalue weighted by molar-refractivity contribution is 6.31. The summed E-state index contributed by atoms with van der Waals surface area (Å²) in [5.74, 6) is 0.659. The van der Waals surface area contributed by atoms with Gasteiger partial charge in [-0.2, -0.15) is 0 Å². The summed E-state index contributed by atoms with van der Waals surface area (Å²) in [6.45, 7) is 0. The summed E-state index contributed by atoms with van der Waals surface area (Å²) in [5.41, 5.74) is 2.81. The third kappa shape index (κ3) is 4.31. The van der Waals surface area contributed by atoms with Crippen LogP contribution in [-0.2, 0) is 0 Å². The zero-order valence-corrected chi connectivity index (χ0v) is 16.1. The first-order valence-electron chi connectivity index (χ1n) is 8.76. The van der Waals surface area contributed by atoms with Crippen LogP contribution in [0.4, 0.5) is 28.7 Å². The summed E-state index contributed by atoms with van der Waals surface area (Å²) in [7, 11) is 0. The first-order valence-corrected chi connectivity index (χ1v) is 9.14. The standard InChI is InChI=1S/C20H14ClN7O2/c21-19-18(28(29)30)20(25-12-24-19)27-15-8-6-14(7-9-15)26-17-10-16(22-11-23-17)13-4-2-1-3-5-13/h1-12H,(H,22,23,26)(H,24,25,27). The zero-order valence-electron chi connectivity index (χ0n) is 15.4. The molecule has 4 aromatic rings. The lowest BCUT2D eigenvalue weighted by Gasteiger charge is -2.09. The van der Waals surface area contributed by atoms with E-state index >= 15 is 0 Å². The zero-order chi connectivity index (χ0) is 20.9. The Balaban J connectivity index is 1.50. The Morgan fingerprint density at radius 1 is 0.833 bits per heavy atom. The van der Waals surface area contributed by atoms with E-state index in [0.29, 0.717) is 11.5 Å². The van der Waals surface area contributed by atoms with Crippen molar-refractivity contribution in [2.75, 3.05) is 10.6 Å². The minimum absolute atomic E-state index is 0.0176. The third-order valence-electron chi connectivity index (χ3n) is 4.12. The maximum absolute atomic E-state index is 11.2. The van der Waals surface area contributed by atoms with Crippen molar-refractivity contribution in [2.24, 2.45) is 0 Å². The Kier molecular flexibility index (Phi) is 5.44. The van der Waals surface area contributed by atoms with Gasteiger partial charge in [0, 0.05) is 23.0 Å². The van der Waals surface area contributed by atoms with Crippen LogP contribution in [-0.4, -0.2) is 24.9 Å². The van der Waals surface area contributed by atoms with Gasteiger partial charge >= 0.3 is 5.69 Å². The molecule has 0 radical (unpaired) electrons. The van der Waals surface area contributed by atoms with E-state index in [1.165, 1.54) is 6.33 Å². The molecule has 0 saturated carbocycles. The highest BCUT2D eigenvalue weighted by Gasteiger charge is 2.21. The topological polar surface area (TPSA) is 119 Å². The number of nitrogens with zero attached hydrogens (tertiary/aromatic N) is 5. The minimum Gasteiger partial charge on any atom is -0.340 e. The molecule has 148 valence electrons. The first kappa shape index (κ1) is 19.2. The lowest BCUT2D eigenvalue weighted by molar-refractivity contribution is -0.384. The molecule has 2 aromatic carbocycles. The molecule has 0 aliphatic carbocycles. The van der Waals surface area contributed by atoms with E-state index in [-0.39, 0.29) is 16.7 Å². The fourth-order valence-corrected chi connectivity index (χ4v) is 2.93. The van der Waals surface area contributed by atoms with Crippen molar-refractivity contribution in [1.29, 1.82) is 0 Å². The summed E-state index contributed by atoms with van der Waals surface area (Å²) in [5, 5.41) is 17.1. The van der Waals surface area contributed by atoms with Crippen molar-refractivity contribution in [3.63, 3.8) is 0 Å². The van der Waals surface area contributed by atoms with Crippen molar-refractivity contribution in [3.8, 4) is 11.3 Å². The van der Waals surface area contributed by atoms with Crippen molar-refractivity contribution in [1.82, 2.24) is 19.9 Å². The molecule has 0 aliphatic rings. The smallest absolute Gasteiger partial charge is 0.340 e. The van der Waals surface area contributed by atoms with E-state index in [0.717, 1.165) is 23.3 Å². The summed E-state index contributed by atoms with van der Waals surface area (Å²) in [6.07, 6.45) is 2.66. The van der Waals surface area contributed by atoms with E-state index < -0.39 is 4.92 Å². The van der Waals surface area contributed by atoms with Crippen molar-refractivity contribution >= 4 is 40.3 Å². The fraction of sp³-hybridized carbons (Fsp3) is 0. The summed E-state index contributed by atoms with van der Waals surface area (Å²) in [4.78, 5) is 26.7. The number of anilines is 4. The Bertz CT molecular complexity index is 1190. The van der Waals surface area contributed by atoms with Gasteiger partial charge in [-0.15, -0.1) is 0 Å². The number of rotatable bonds is 6. The van der Waals surface area contributed by atoms with Crippen LogP contribution in [0.25, 0.3) is 11.3 Å². The van der Waals surface area contributed by atoms with Gasteiger partial charge in [0.1, 0.15) is 18.5 Å². The molecule has 2 heterocycles. The highest BCUT2D eigenvalue weighted by atomic mass is 35.5. The predicted octanol–water partition coefficient (Wildman–Crippen LogP) is 4.98. The number of nitrogens with one attached hydrogen (secondary N) is 2. The molecule has 10 heteroatoms. The van der Waals surface area contributed by atoms with Crippen LogP contribution in [0.2, 0.25) is 5.15 Å². The molecule has 2 N–H and O–H groups in total. The van der Waals surface area contributed by atoms with Gasteiger partial charge < -0.3 is 10.6 Å². The first-order chi connectivity index (χ1) is 14.6. The molecule has 0 unspecified atom stereocenters. The number of hydrogen-bond donors (Lipinski definition) is 2. The Morgan fingerprint density at radius 2 is 1.50 bits per heavy atom. The second kappa shape index (κ2) is 8.50. The van der Waals surface area contributed by atoms with Gasteiger partial charge in [-0.1, -0.05) is 41.9 Å².